The van der Waals surface area contributed by atoms with Crippen molar-refractivity contribution in [3.63, 3.8) is 0 Å². The summed E-state index contributed by atoms with van der Waals surface area (Å²) in [6.45, 7) is 2.38. The molecule has 1 aliphatic heterocycles. The van der Waals surface area contributed by atoms with Crippen molar-refractivity contribution >= 4 is 5.78 Å². The molecule has 0 saturated carbocycles. The Balaban J connectivity index is 2.20. The number of benzene rings is 1. The van der Waals surface area contributed by atoms with Gasteiger partial charge in [0, 0.05) is 6.08 Å². The summed E-state index contributed by atoms with van der Waals surface area (Å²) in [4.78, 5) is 12.0. The predicted molar refractivity (Wildman–Crippen MR) is 65.9 cm³/mol. The van der Waals surface area contributed by atoms with Gasteiger partial charge in [0.05, 0.1) is 12.4 Å². The maximum Gasteiger partial charge on any atom is 0.190 e. The Morgan fingerprint density at radius 1 is 1.28 bits per heavy atom. The average Bonchev–Trinajstić information content (AvgIpc) is 2.37. The molecule has 2 atom stereocenters. The van der Waals surface area contributed by atoms with Crippen LogP contribution in [0.15, 0.2) is 42.2 Å². The summed E-state index contributed by atoms with van der Waals surface area (Å²) in [6, 6.07) is 9.03. The molecule has 0 fully saturated rings. The number of hydrogen-bond donors (Lipinski definition) is 1. The van der Waals surface area contributed by atoms with E-state index >= 15 is 0 Å². The lowest BCUT2D eigenvalue weighted by molar-refractivity contribution is -0.136. The first-order valence-electron chi connectivity index (χ1n) is 5.88. The fourth-order valence-electron chi connectivity index (χ4n) is 1.86. The number of rotatable bonds is 2. The second-order valence-electron chi connectivity index (χ2n) is 4.15. The molecule has 0 radical (unpaired) electrons. The van der Waals surface area contributed by atoms with E-state index in [9.17, 15) is 9.90 Å². The van der Waals surface area contributed by atoms with Crippen LogP contribution < -0.4 is 0 Å². The number of allylic oxidation sites excluding steroid dienone is 1. The summed E-state index contributed by atoms with van der Waals surface area (Å²) >= 11 is 0. The highest BCUT2D eigenvalue weighted by molar-refractivity contribution is 5.94. The van der Waals surface area contributed by atoms with Gasteiger partial charge in [-0.2, -0.15) is 0 Å². The van der Waals surface area contributed by atoms with Gasteiger partial charge in [0.2, 0.25) is 0 Å². The molecule has 0 bridgehead atoms. The quantitative estimate of drug-likeness (QED) is 0.864. The molecule has 0 spiro atoms. The second-order valence-corrected chi connectivity index (χ2v) is 4.15. The summed E-state index contributed by atoms with van der Waals surface area (Å²) in [5, 5.41) is 10.2. The Bertz CT molecular complexity index is 438. The molecule has 96 valence electrons. The molecular weight excluding hydrogens is 232 g/mol. The van der Waals surface area contributed by atoms with Gasteiger partial charge in [-0.15, -0.1) is 0 Å². The summed E-state index contributed by atoms with van der Waals surface area (Å²) < 4.78 is 10.6. The minimum Gasteiger partial charge on any atom is -0.496 e. The number of carbonyl (C=O) groups is 1. The fourth-order valence-corrected chi connectivity index (χ4v) is 1.86. The van der Waals surface area contributed by atoms with Crippen LogP contribution in [0.5, 0.6) is 0 Å². The first kappa shape index (κ1) is 12.8. The Kier molecular flexibility index (Phi) is 4.12. The normalized spacial score (nSPS) is 25.3. The summed E-state index contributed by atoms with van der Waals surface area (Å²) in [7, 11) is 0. The van der Waals surface area contributed by atoms with E-state index in [4.69, 9.17) is 9.47 Å². The topological polar surface area (TPSA) is 55.8 Å². The summed E-state index contributed by atoms with van der Waals surface area (Å²) in [6.07, 6.45) is -0.456. The number of ether oxygens (including phenoxy) is 2. The van der Waals surface area contributed by atoms with Crippen molar-refractivity contribution in [2.24, 2.45) is 0 Å². The van der Waals surface area contributed by atoms with Crippen molar-refractivity contribution in [3.05, 3.63) is 47.7 Å². The van der Waals surface area contributed by atoms with Crippen LogP contribution in [0.2, 0.25) is 0 Å². The van der Waals surface area contributed by atoms with Crippen molar-refractivity contribution < 1.29 is 19.4 Å². The van der Waals surface area contributed by atoms with Crippen molar-refractivity contribution in [2.75, 3.05) is 13.2 Å². The van der Waals surface area contributed by atoms with Crippen LogP contribution >= 0.6 is 0 Å². The van der Waals surface area contributed by atoms with E-state index in [1.165, 1.54) is 6.08 Å². The van der Waals surface area contributed by atoms with Crippen LogP contribution in [0, 0.1) is 0 Å². The number of carbonyl (C=O) groups excluding carboxylic acids is 1. The molecule has 4 heteroatoms. The Morgan fingerprint density at radius 3 is 2.72 bits per heavy atom. The van der Waals surface area contributed by atoms with Crippen LogP contribution in [0.25, 0.3) is 0 Å². The molecule has 2 rings (SSSR count). The minimum absolute atomic E-state index is 0.274. The highest BCUT2D eigenvalue weighted by Crippen LogP contribution is 2.21. The smallest absolute Gasteiger partial charge is 0.190 e. The van der Waals surface area contributed by atoms with E-state index in [0.29, 0.717) is 17.9 Å². The lowest BCUT2D eigenvalue weighted by atomic mass is 10.0. The lowest BCUT2D eigenvalue weighted by Crippen LogP contribution is -2.32. The number of ketones is 1. The van der Waals surface area contributed by atoms with Gasteiger partial charge in [0.25, 0.3) is 0 Å². The number of hydrogen-bond acceptors (Lipinski definition) is 4. The molecular formula is C14H16O4. The molecule has 1 aromatic carbocycles. The number of aliphatic hydroxyl groups is 1. The van der Waals surface area contributed by atoms with Crippen LogP contribution in [0.3, 0.4) is 0 Å². The van der Waals surface area contributed by atoms with Crippen LogP contribution in [-0.2, 0) is 14.3 Å². The molecule has 1 heterocycles. The second kappa shape index (κ2) is 5.80. The van der Waals surface area contributed by atoms with Crippen LogP contribution in [0.1, 0.15) is 18.6 Å². The van der Waals surface area contributed by atoms with Gasteiger partial charge in [0.15, 0.2) is 5.78 Å². The molecule has 1 aliphatic rings. The van der Waals surface area contributed by atoms with Gasteiger partial charge in [-0.25, -0.2) is 0 Å². The minimum atomic E-state index is -0.958. The molecule has 1 aromatic rings. The largest absolute Gasteiger partial charge is 0.496 e. The molecule has 0 aromatic heterocycles. The molecule has 0 saturated heterocycles. The predicted octanol–water partition coefficient (Wildman–Crippen LogP) is 1.61. The van der Waals surface area contributed by atoms with Crippen LogP contribution in [0.4, 0.5) is 0 Å². The SMILES string of the molecule is C/C1=C/C(=O)[C@H]([C@H](O)c2ccccc2)OCCO1. The van der Waals surface area contributed by atoms with Crippen molar-refractivity contribution in [1.82, 2.24) is 0 Å². The molecule has 0 aliphatic carbocycles. The van der Waals surface area contributed by atoms with E-state index in [-0.39, 0.29) is 12.4 Å². The Labute approximate surface area is 106 Å². The zero-order valence-corrected chi connectivity index (χ0v) is 10.2. The number of aliphatic hydroxyl groups excluding tert-OH is 1. The Morgan fingerprint density at radius 2 is 2.00 bits per heavy atom. The average molecular weight is 248 g/mol. The fraction of sp³-hybridized carbons (Fsp3) is 0.357. The molecule has 0 unspecified atom stereocenters. The molecule has 18 heavy (non-hydrogen) atoms. The van der Waals surface area contributed by atoms with E-state index in [0.717, 1.165) is 0 Å². The van der Waals surface area contributed by atoms with Gasteiger partial charge in [-0.05, 0) is 12.5 Å². The Hall–Kier alpha value is -1.65. The highest BCUT2D eigenvalue weighted by Gasteiger charge is 2.28. The third-order valence-electron chi connectivity index (χ3n) is 2.76. The zero-order valence-electron chi connectivity index (χ0n) is 10.2. The van der Waals surface area contributed by atoms with Crippen molar-refractivity contribution in [1.29, 1.82) is 0 Å². The van der Waals surface area contributed by atoms with Gasteiger partial charge in [0.1, 0.15) is 18.8 Å². The monoisotopic (exact) mass is 248 g/mol. The van der Waals surface area contributed by atoms with Crippen molar-refractivity contribution in [2.45, 2.75) is 19.1 Å². The van der Waals surface area contributed by atoms with E-state index < -0.39 is 12.2 Å². The summed E-state index contributed by atoms with van der Waals surface area (Å²) in [5.41, 5.74) is 0.670. The maximum atomic E-state index is 12.0. The third kappa shape index (κ3) is 2.97. The van der Waals surface area contributed by atoms with Gasteiger partial charge in [-0.1, -0.05) is 30.3 Å². The van der Waals surface area contributed by atoms with E-state index in [2.05, 4.69) is 0 Å². The van der Waals surface area contributed by atoms with Gasteiger partial charge < -0.3 is 14.6 Å². The first-order chi connectivity index (χ1) is 8.68. The van der Waals surface area contributed by atoms with Crippen LogP contribution in [-0.4, -0.2) is 30.2 Å². The molecule has 1 N–H and O–H groups in total. The molecule has 0 amide bonds. The first-order valence-corrected chi connectivity index (χ1v) is 5.88. The van der Waals surface area contributed by atoms with Gasteiger partial charge in [-0.3, -0.25) is 4.79 Å². The highest BCUT2D eigenvalue weighted by atomic mass is 16.5. The lowest BCUT2D eigenvalue weighted by Gasteiger charge is -2.23. The zero-order chi connectivity index (χ0) is 13.0. The third-order valence-corrected chi connectivity index (χ3v) is 2.76. The maximum absolute atomic E-state index is 12.0. The van der Waals surface area contributed by atoms with E-state index in [1.807, 2.05) is 18.2 Å². The van der Waals surface area contributed by atoms with E-state index in [1.54, 1.807) is 19.1 Å². The van der Waals surface area contributed by atoms with Gasteiger partial charge >= 0.3 is 0 Å². The van der Waals surface area contributed by atoms with Crippen molar-refractivity contribution in [3.8, 4) is 0 Å². The standard InChI is InChI=1S/C14H16O4/c1-10-9-12(15)14(18-8-7-17-10)13(16)11-5-3-2-4-6-11/h2-6,9,13-14,16H,7-8H2,1H3/b10-9-/t13-,14-/m1/s1. The summed E-state index contributed by atoms with van der Waals surface area (Å²) in [5.74, 6) is 0.275. The molecule has 4 nitrogen and oxygen atoms in total.